The number of ether oxygens (including phenoxy) is 3. The Morgan fingerprint density at radius 1 is 1.00 bits per heavy atom. The van der Waals surface area contributed by atoms with Crippen molar-refractivity contribution in [3.63, 3.8) is 0 Å². The summed E-state index contributed by atoms with van der Waals surface area (Å²) in [5.41, 5.74) is 4.87. The van der Waals surface area contributed by atoms with E-state index in [0.717, 1.165) is 28.0 Å². The van der Waals surface area contributed by atoms with Crippen molar-refractivity contribution in [2.24, 2.45) is 5.10 Å². The maximum absolute atomic E-state index is 13.9. The average molecular weight is 587 g/mol. The second kappa shape index (κ2) is 13.3. The summed E-state index contributed by atoms with van der Waals surface area (Å²) < 4.78 is 19.1. The first kappa shape index (κ1) is 30.1. The highest BCUT2D eigenvalue weighted by Gasteiger charge is 2.19. The van der Waals surface area contributed by atoms with Crippen LogP contribution < -0.4 is 19.8 Å². The van der Waals surface area contributed by atoms with E-state index in [1.54, 1.807) is 31.5 Å². The molecule has 0 bridgehead atoms. The number of para-hydroxylation sites is 2. The third-order valence-electron chi connectivity index (χ3n) is 7.32. The quantitative estimate of drug-likeness (QED) is 0.160. The van der Waals surface area contributed by atoms with Crippen molar-refractivity contribution >= 4 is 17.1 Å². The zero-order valence-electron chi connectivity index (χ0n) is 25.5. The van der Waals surface area contributed by atoms with Gasteiger partial charge in [0, 0.05) is 16.7 Å². The Bertz CT molecular complexity index is 1950. The van der Waals surface area contributed by atoms with E-state index < -0.39 is 0 Å². The van der Waals surface area contributed by atoms with Crippen LogP contribution in [0.2, 0.25) is 0 Å². The highest BCUT2D eigenvalue weighted by molar-refractivity contribution is 5.86. The van der Waals surface area contributed by atoms with Crippen LogP contribution in [0.5, 0.6) is 17.2 Å². The Balaban J connectivity index is 1.65. The van der Waals surface area contributed by atoms with Gasteiger partial charge in [-0.2, -0.15) is 15.0 Å². The van der Waals surface area contributed by atoms with Crippen molar-refractivity contribution in [1.82, 2.24) is 9.66 Å². The molecule has 222 valence electrons. The number of hydrogen-bond acceptors (Lipinski definition) is 7. The van der Waals surface area contributed by atoms with Crippen molar-refractivity contribution in [2.45, 2.75) is 40.2 Å². The lowest BCUT2D eigenvalue weighted by Crippen LogP contribution is -2.21. The Kier molecular flexibility index (Phi) is 9.06. The molecule has 1 aromatic heterocycles. The first-order chi connectivity index (χ1) is 21.4. The number of rotatable bonds is 10. The second-order valence-electron chi connectivity index (χ2n) is 10.5. The predicted molar refractivity (Wildman–Crippen MR) is 173 cm³/mol. The van der Waals surface area contributed by atoms with Crippen LogP contribution in [-0.4, -0.2) is 29.6 Å². The lowest BCUT2D eigenvalue weighted by atomic mass is 9.96. The molecule has 1 heterocycles. The van der Waals surface area contributed by atoms with Crippen molar-refractivity contribution in [3.05, 3.63) is 117 Å². The van der Waals surface area contributed by atoms with E-state index in [9.17, 15) is 10.1 Å². The fraction of sp³-hybridized carbons (Fsp3) is 0.222. The van der Waals surface area contributed by atoms with Crippen LogP contribution in [0.15, 0.2) is 88.8 Å². The molecule has 0 saturated heterocycles. The van der Waals surface area contributed by atoms with E-state index in [1.807, 2.05) is 74.5 Å². The fourth-order valence-electron chi connectivity index (χ4n) is 5.05. The Labute approximate surface area is 256 Å². The molecule has 44 heavy (non-hydrogen) atoms. The van der Waals surface area contributed by atoms with E-state index >= 15 is 0 Å². The molecule has 8 nitrogen and oxygen atoms in total. The van der Waals surface area contributed by atoms with Crippen molar-refractivity contribution < 1.29 is 14.2 Å². The van der Waals surface area contributed by atoms with Gasteiger partial charge in [0.1, 0.15) is 12.4 Å². The van der Waals surface area contributed by atoms with Crippen molar-refractivity contribution in [1.29, 1.82) is 5.26 Å². The third kappa shape index (κ3) is 6.04. The van der Waals surface area contributed by atoms with Gasteiger partial charge in [-0.15, -0.1) is 0 Å². The van der Waals surface area contributed by atoms with Gasteiger partial charge in [0.25, 0.3) is 5.56 Å². The topological polar surface area (TPSA) is 98.7 Å². The fourth-order valence-corrected chi connectivity index (χ4v) is 5.05. The van der Waals surface area contributed by atoms with E-state index in [0.29, 0.717) is 46.0 Å². The number of nitriles is 1. The van der Waals surface area contributed by atoms with Crippen LogP contribution in [-0.2, 0) is 6.61 Å². The Morgan fingerprint density at radius 2 is 1.77 bits per heavy atom. The number of nitrogens with zero attached hydrogens (tertiary/aromatic N) is 4. The van der Waals surface area contributed by atoms with Crippen molar-refractivity contribution in [3.8, 4) is 34.7 Å². The summed E-state index contributed by atoms with van der Waals surface area (Å²) in [6.45, 7) is 8.85. The molecule has 0 fully saturated rings. The SMILES string of the molecule is CCOc1cc(C)c(-c2nc3ccccc3c(=O)n2N=Cc2cccc(OC)c2OCc2ccccc2C#N)cc1C(C)C. The zero-order valence-corrected chi connectivity index (χ0v) is 25.5. The maximum Gasteiger partial charge on any atom is 0.282 e. The average Bonchev–Trinajstić information content (AvgIpc) is 3.03. The minimum absolute atomic E-state index is 0.150. The van der Waals surface area contributed by atoms with Gasteiger partial charge in [-0.1, -0.05) is 50.2 Å². The van der Waals surface area contributed by atoms with Crippen LogP contribution >= 0.6 is 0 Å². The molecule has 0 radical (unpaired) electrons. The summed E-state index contributed by atoms with van der Waals surface area (Å²) in [5, 5.41) is 14.7. The number of fused-ring (bicyclic) bond motifs is 1. The second-order valence-corrected chi connectivity index (χ2v) is 10.5. The Morgan fingerprint density at radius 3 is 2.52 bits per heavy atom. The molecule has 0 atom stereocenters. The van der Waals surface area contributed by atoms with Gasteiger partial charge in [-0.25, -0.2) is 4.98 Å². The first-order valence-corrected chi connectivity index (χ1v) is 14.5. The lowest BCUT2D eigenvalue weighted by Gasteiger charge is -2.18. The molecule has 0 aliphatic carbocycles. The molecule has 4 aromatic carbocycles. The standard InChI is InChI=1S/C36H34N4O4/c1-6-43-33-18-24(4)30(19-29(33)23(2)3)35-39-31-16-10-9-15-28(31)36(41)40(35)38-21-26-14-11-17-32(42-5)34(26)44-22-27-13-8-7-12-25(27)20-37/h7-19,21,23H,6,22H2,1-5H3. The van der Waals surface area contributed by atoms with Gasteiger partial charge in [-0.3, -0.25) is 4.79 Å². The van der Waals surface area contributed by atoms with Gasteiger partial charge >= 0.3 is 0 Å². The zero-order chi connectivity index (χ0) is 31.2. The van der Waals surface area contributed by atoms with Gasteiger partial charge in [-0.05, 0) is 73.4 Å². The maximum atomic E-state index is 13.9. The highest BCUT2D eigenvalue weighted by Crippen LogP contribution is 2.35. The molecule has 0 aliphatic heterocycles. The largest absolute Gasteiger partial charge is 0.494 e. The normalized spacial score (nSPS) is 11.2. The molecule has 5 rings (SSSR count). The summed E-state index contributed by atoms with van der Waals surface area (Å²) in [6.07, 6.45) is 1.57. The molecule has 0 saturated carbocycles. The molecule has 8 heteroatoms. The summed E-state index contributed by atoms with van der Waals surface area (Å²) in [5.74, 6) is 2.35. The molecule has 0 spiro atoms. The van der Waals surface area contributed by atoms with Gasteiger partial charge in [0.2, 0.25) is 0 Å². The van der Waals surface area contributed by atoms with E-state index in [4.69, 9.17) is 24.3 Å². The summed E-state index contributed by atoms with van der Waals surface area (Å²) >= 11 is 0. The third-order valence-corrected chi connectivity index (χ3v) is 7.32. The Hall–Kier alpha value is -5.42. The molecule has 0 amide bonds. The number of benzene rings is 4. The van der Waals surface area contributed by atoms with E-state index in [1.165, 1.54) is 4.68 Å². The lowest BCUT2D eigenvalue weighted by molar-refractivity contribution is 0.284. The molecule has 5 aromatic rings. The van der Waals surface area contributed by atoms with Gasteiger partial charge in [0.05, 0.1) is 42.5 Å². The predicted octanol–water partition coefficient (Wildman–Crippen LogP) is 7.24. The van der Waals surface area contributed by atoms with Crippen LogP contribution in [0.4, 0.5) is 0 Å². The summed E-state index contributed by atoms with van der Waals surface area (Å²) in [6, 6.07) is 26.2. The highest BCUT2D eigenvalue weighted by atomic mass is 16.5. The monoisotopic (exact) mass is 586 g/mol. The number of hydrogen-bond donors (Lipinski definition) is 0. The van der Waals surface area contributed by atoms with Crippen LogP contribution in [0.3, 0.4) is 0 Å². The van der Waals surface area contributed by atoms with Crippen LogP contribution in [0.1, 0.15) is 54.5 Å². The number of aromatic nitrogens is 2. The van der Waals surface area contributed by atoms with Crippen LogP contribution in [0, 0.1) is 18.3 Å². The van der Waals surface area contributed by atoms with Crippen molar-refractivity contribution in [2.75, 3.05) is 13.7 Å². The number of aryl methyl sites for hydroxylation is 1. The smallest absolute Gasteiger partial charge is 0.282 e. The molecular formula is C36H34N4O4. The van der Waals surface area contributed by atoms with E-state index in [2.05, 4.69) is 19.9 Å². The molecule has 0 aliphatic rings. The minimum atomic E-state index is -0.297. The molecular weight excluding hydrogens is 552 g/mol. The molecule has 0 N–H and O–H groups in total. The van der Waals surface area contributed by atoms with Crippen LogP contribution in [0.25, 0.3) is 22.3 Å². The first-order valence-electron chi connectivity index (χ1n) is 14.5. The number of methoxy groups -OCH3 is 1. The summed E-state index contributed by atoms with van der Waals surface area (Å²) in [4.78, 5) is 18.9. The summed E-state index contributed by atoms with van der Waals surface area (Å²) in [7, 11) is 1.56. The van der Waals surface area contributed by atoms with Gasteiger partial charge < -0.3 is 14.2 Å². The van der Waals surface area contributed by atoms with Gasteiger partial charge in [0.15, 0.2) is 17.3 Å². The van der Waals surface area contributed by atoms with E-state index in [-0.39, 0.29) is 18.1 Å². The molecule has 0 unspecified atom stereocenters. The minimum Gasteiger partial charge on any atom is -0.494 e.